The van der Waals surface area contributed by atoms with Crippen molar-refractivity contribution < 1.29 is 8.42 Å². The average Bonchev–Trinajstić information content (AvgIpc) is 2.88. The fourth-order valence-electron chi connectivity index (χ4n) is 2.18. The van der Waals surface area contributed by atoms with Crippen molar-refractivity contribution in [1.29, 1.82) is 0 Å². The van der Waals surface area contributed by atoms with Gasteiger partial charge in [0.25, 0.3) is 0 Å². The van der Waals surface area contributed by atoms with Crippen LogP contribution in [0.15, 0.2) is 16.3 Å². The molecule has 1 N–H and O–H groups in total. The third kappa shape index (κ3) is 2.61. The fourth-order valence-corrected chi connectivity index (χ4v) is 5.10. The Morgan fingerprint density at radius 1 is 1.39 bits per heavy atom. The van der Waals surface area contributed by atoms with E-state index in [4.69, 9.17) is 0 Å². The van der Waals surface area contributed by atoms with E-state index < -0.39 is 10.0 Å². The summed E-state index contributed by atoms with van der Waals surface area (Å²) in [5.41, 5.74) is 0. The molecule has 0 aliphatic carbocycles. The van der Waals surface area contributed by atoms with Crippen LogP contribution in [-0.4, -0.2) is 32.9 Å². The summed E-state index contributed by atoms with van der Waals surface area (Å²) in [6.07, 6.45) is 0. The van der Waals surface area contributed by atoms with Crippen LogP contribution in [0.2, 0.25) is 0 Å². The Morgan fingerprint density at radius 3 is 2.56 bits per heavy atom. The summed E-state index contributed by atoms with van der Waals surface area (Å²) in [6.45, 7) is 6.22. The maximum atomic E-state index is 12.5. The number of nitrogens with one attached hydrogen (secondary N) is 1. The van der Waals surface area contributed by atoms with Gasteiger partial charge in [0.2, 0.25) is 10.0 Å². The molecule has 102 valence electrons. The van der Waals surface area contributed by atoms with Crippen molar-refractivity contribution >= 4 is 21.4 Å². The lowest BCUT2D eigenvalue weighted by atomic mass is 10.0. The van der Waals surface area contributed by atoms with Gasteiger partial charge in [-0.15, -0.1) is 11.3 Å². The Balaban J connectivity index is 2.20. The van der Waals surface area contributed by atoms with E-state index in [1.54, 1.807) is 15.8 Å². The highest BCUT2D eigenvalue weighted by Crippen LogP contribution is 2.29. The predicted octanol–water partition coefficient (Wildman–Crippen LogP) is 1.74. The lowest BCUT2D eigenvalue weighted by Gasteiger charge is -2.14. The summed E-state index contributed by atoms with van der Waals surface area (Å²) in [4.78, 5) is 1.50. The average molecular weight is 288 g/mol. The van der Waals surface area contributed by atoms with Gasteiger partial charge >= 0.3 is 0 Å². The van der Waals surface area contributed by atoms with E-state index in [0.717, 1.165) is 4.88 Å². The number of thiophene rings is 1. The summed E-state index contributed by atoms with van der Waals surface area (Å²) < 4.78 is 26.5. The molecular formula is C12H20N2O2S2. The third-order valence-electron chi connectivity index (χ3n) is 3.57. The second-order valence-electron chi connectivity index (χ2n) is 5.06. The Hall–Kier alpha value is -0.430. The molecule has 2 heterocycles. The topological polar surface area (TPSA) is 49.4 Å². The smallest absolute Gasteiger partial charge is 0.243 e. The maximum Gasteiger partial charge on any atom is 0.243 e. The van der Waals surface area contributed by atoms with Crippen molar-refractivity contribution in [3.63, 3.8) is 0 Å². The number of sulfonamides is 1. The molecular weight excluding hydrogens is 268 g/mol. The van der Waals surface area contributed by atoms with Gasteiger partial charge in [-0.05, 0) is 24.9 Å². The first-order valence-corrected chi connectivity index (χ1v) is 8.49. The van der Waals surface area contributed by atoms with Crippen LogP contribution in [0.25, 0.3) is 0 Å². The second kappa shape index (κ2) is 5.28. The highest BCUT2D eigenvalue weighted by molar-refractivity contribution is 7.89. The molecule has 1 fully saturated rings. The van der Waals surface area contributed by atoms with E-state index in [-0.39, 0.29) is 0 Å². The Labute approximate surface area is 113 Å². The van der Waals surface area contributed by atoms with Crippen LogP contribution in [0.5, 0.6) is 0 Å². The summed E-state index contributed by atoms with van der Waals surface area (Å²) >= 11 is 1.49. The number of rotatable bonds is 4. The van der Waals surface area contributed by atoms with Crippen molar-refractivity contribution in [2.45, 2.75) is 25.3 Å². The lowest BCUT2D eigenvalue weighted by molar-refractivity contribution is 0.463. The Kier molecular flexibility index (Phi) is 4.11. The van der Waals surface area contributed by atoms with Crippen LogP contribution in [-0.2, 0) is 16.6 Å². The summed E-state index contributed by atoms with van der Waals surface area (Å²) in [5.74, 6) is 0.880. The van der Waals surface area contributed by atoms with E-state index >= 15 is 0 Å². The summed E-state index contributed by atoms with van der Waals surface area (Å²) in [6, 6.07) is 1.78. The van der Waals surface area contributed by atoms with Crippen LogP contribution in [0.4, 0.5) is 0 Å². The van der Waals surface area contributed by atoms with E-state index in [2.05, 4.69) is 19.2 Å². The lowest BCUT2D eigenvalue weighted by Crippen LogP contribution is -2.28. The van der Waals surface area contributed by atoms with E-state index in [1.165, 1.54) is 11.3 Å². The molecule has 18 heavy (non-hydrogen) atoms. The molecule has 1 aromatic rings. The van der Waals surface area contributed by atoms with Gasteiger partial charge in [0.1, 0.15) is 0 Å². The van der Waals surface area contributed by atoms with Gasteiger partial charge in [-0.2, -0.15) is 4.31 Å². The third-order valence-corrected chi connectivity index (χ3v) is 6.47. The predicted molar refractivity (Wildman–Crippen MR) is 74.2 cm³/mol. The molecule has 1 aromatic heterocycles. The Morgan fingerprint density at radius 2 is 2.00 bits per heavy atom. The summed E-state index contributed by atoms with van der Waals surface area (Å²) in [7, 11) is -1.43. The zero-order chi connectivity index (χ0) is 13.3. The van der Waals surface area contributed by atoms with Crippen molar-refractivity contribution in [2.24, 2.45) is 11.8 Å². The normalized spacial score (nSPS) is 25.7. The van der Waals surface area contributed by atoms with Crippen LogP contribution in [0.3, 0.4) is 0 Å². The van der Waals surface area contributed by atoms with Gasteiger partial charge in [0.05, 0.1) is 4.90 Å². The van der Waals surface area contributed by atoms with Crippen molar-refractivity contribution in [2.75, 3.05) is 20.1 Å². The minimum atomic E-state index is -3.29. The highest BCUT2D eigenvalue weighted by atomic mass is 32.2. The quantitative estimate of drug-likeness (QED) is 0.918. The van der Waals surface area contributed by atoms with Gasteiger partial charge in [-0.3, -0.25) is 0 Å². The zero-order valence-electron chi connectivity index (χ0n) is 11.0. The molecule has 0 bridgehead atoms. The standard InChI is InChI=1S/C12H20N2O2S2/c1-9-6-14(7-10(9)2)18(15,16)12-4-11(5-13-3)17-8-12/h4,8-10,13H,5-7H2,1-3H3. The van der Waals surface area contributed by atoms with Crippen LogP contribution >= 0.6 is 11.3 Å². The first kappa shape index (κ1) is 14.0. The first-order valence-electron chi connectivity index (χ1n) is 6.17. The molecule has 0 aromatic carbocycles. The molecule has 2 rings (SSSR count). The highest BCUT2D eigenvalue weighted by Gasteiger charge is 2.35. The molecule has 4 nitrogen and oxygen atoms in total. The van der Waals surface area contributed by atoms with E-state index in [0.29, 0.717) is 36.4 Å². The number of hydrogen-bond acceptors (Lipinski definition) is 4. The number of nitrogens with zero attached hydrogens (tertiary/aromatic N) is 1. The van der Waals surface area contributed by atoms with Crippen LogP contribution in [0, 0.1) is 11.8 Å². The molecule has 2 atom stereocenters. The maximum absolute atomic E-state index is 12.5. The second-order valence-corrected chi connectivity index (χ2v) is 7.99. The molecule has 0 amide bonds. The zero-order valence-corrected chi connectivity index (χ0v) is 12.6. The van der Waals surface area contributed by atoms with Crippen molar-refractivity contribution in [3.8, 4) is 0 Å². The van der Waals surface area contributed by atoms with Gasteiger partial charge in [0, 0.05) is 29.9 Å². The monoisotopic (exact) mass is 288 g/mol. The van der Waals surface area contributed by atoms with E-state index in [1.807, 2.05) is 7.05 Å². The van der Waals surface area contributed by atoms with Crippen molar-refractivity contribution in [3.05, 3.63) is 16.3 Å². The molecule has 0 spiro atoms. The minimum absolute atomic E-state index is 0.440. The van der Waals surface area contributed by atoms with Crippen LogP contribution in [0.1, 0.15) is 18.7 Å². The summed E-state index contributed by atoms with van der Waals surface area (Å²) in [5, 5.41) is 4.78. The molecule has 6 heteroatoms. The Bertz CT molecular complexity index is 500. The van der Waals surface area contributed by atoms with Crippen molar-refractivity contribution in [1.82, 2.24) is 9.62 Å². The molecule has 1 aliphatic rings. The molecule has 1 aliphatic heterocycles. The molecule has 0 radical (unpaired) electrons. The van der Waals surface area contributed by atoms with Gasteiger partial charge in [-0.1, -0.05) is 13.8 Å². The van der Waals surface area contributed by atoms with E-state index in [9.17, 15) is 8.42 Å². The van der Waals surface area contributed by atoms with Gasteiger partial charge in [-0.25, -0.2) is 8.42 Å². The van der Waals surface area contributed by atoms with Gasteiger partial charge < -0.3 is 5.32 Å². The number of hydrogen-bond donors (Lipinski definition) is 1. The fraction of sp³-hybridized carbons (Fsp3) is 0.667. The van der Waals surface area contributed by atoms with Crippen LogP contribution < -0.4 is 5.32 Å². The molecule has 0 saturated carbocycles. The largest absolute Gasteiger partial charge is 0.315 e. The molecule has 2 unspecified atom stereocenters. The first-order chi connectivity index (χ1) is 8.45. The SMILES string of the molecule is CNCc1cc(S(=O)(=O)N2CC(C)C(C)C2)cs1. The van der Waals surface area contributed by atoms with Gasteiger partial charge in [0.15, 0.2) is 0 Å². The minimum Gasteiger partial charge on any atom is -0.315 e. The molecule has 1 saturated heterocycles.